The lowest BCUT2D eigenvalue weighted by atomic mass is 10.1. The largest absolute Gasteiger partial charge is 0.497 e. The lowest BCUT2D eigenvalue weighted by Crippen LogP contribution is -2.15. The molecule has 29 heavy (non-hydrogen) atoms. The van der Waals surface area contributed by atoms with Crippen molar-refractivity contribution in [2.45, 2.75) is 20.3 Å². The minimum absolute atomic E-state index is 0.00451. The van der Waals surface area contributed by atoms with Gasteiger partial charge in [-0.25, -0.2) is 0 Å². The first kappa shape index (κ1) is 20.1. The number of methoxy groups -OCH3 is 1. The second-order valence-corrected chi connectivity index (χ2v) is 6.82. The Balaban J connectivity index is 1.61. The van der Waals surface area contributed by atoms with Gasteiger partial charge in [-0.1, -0.05) is 18.9 Å². The van der Waals surface area contributed by atoms with Crippen LogP contribution in [-0.4, -0.2) is 29.1 Å². The molecule has 2 N–H and O–H groups in total. The summed E-state index contributed by atoms with van der Waals surface area (Å²) in [5.74, 6) is 0.818. The predicted octanol–water partition coefficient (Wildman–Crippen LogP) is 3.98. The molecule has 0 fully saturated rings. The number of nitrogens with one attached hydrogen (secondary N) is 2. The molecule has 0 spiro atoms. The first-order valence-electron chi connectivity index (χ1n) is 9.14. The van der Waals surface area contributed by atoms with Gasteiger partial charge in [0.05, 0.1) is 7.11 Å². The molecule has 0 aliphatic heterocycles. The summed E-state index contributed by atoms with van der Waals surface area (Å²) in [5.41, 5.74) is 1.74. The third-order valence-electron chi connectivity index (χ3n) is 4.01. The highest BCUT2D eigenvalue weighted by atomic mass is 16.5. The SMILES string of the molecule is COc1ccc(-c2nnc(NC(=O)c3ccc(NC(=O)CC(C)C)cc3)o2)cc1. The van der Waals surface area contributed by atoms with Gasteiger partial charge in [-0.3, -0.25) is 14.9 Å². The zero-order valence-electron chi connectivity index (χ0n) is 16.4. The first-order valence-corrected chi connectivity index (χ1v) is 9.14. The van der Waals surface area contributed by atoms with Gasteiger partial charge in [-0.15, -0.1) is 5.10 Å². The number of nitrogens with zero attached hydrogens (tertiary/aromatic N) is 2. The van der Waals surface area contributed by atoms with Crippen LogP contribution in [0.5, 0.6) is 5.75 Å². The fraction of sp³-hybridized carbons (Fsp3) is 0.238. The van der Waals surface area contributed by atoms with Gasteiger partial charge < -0.3 is 14.5 Å². The minimum Gasteiger partial charge on any atom is -0.497 e. The zero-order valence-corrected chi connectivity index (χ0v) is 16.4. The highest BCUT2D eigenvalue weighted by Crippen LogP contribution is 2.23. The normalized spacial score (nSPS) is 10.6. The molecule has 3 aromatic rings. The van der Waals surface area contributed by atoms with Gasteiger partial charge in [-0.05, 0) is 54.4 Å². The van der Waals surface area contributed by atoms with E-state index in [0.29, 0.717) is 29.0 Å². The topological polar surface area (TPSA) is 106 Å². The highest BCUT2D eigenvalue weighted by molar-refractivity contribution is 6.03. The molecule has 8 nitrogen and oxygen atoms in total. The van der Waals surface area contributed by atoms with Crippen molar-refractivity contribution >= 4 is 23.5 Å². The van der Waals surface area contributed by atoms with E-state index in [4.69, 9.17) is 9.15 Å². The second kappa shape index (κ2) is 9.01. The van der Waals surface area contributed by atoms with Gasteiger partial charge in [0.15, 0.2) is 0 Å². The Morgan fingerprint density at radius 2 is 1.69 bits per heavy atom. The van der Waals surface area contributed by atoms with Crippen LogP contribution in [0.2, 0.25) is 0 Å². The average molecular weight is 394 g/mol. The number of carbonyl (C=O) groups is 2. The minimum atomic E-state index is -0.394. The molecule has 150 valence electrons. The number of anilines is 2. The van der Waals surface area contributed by atoms with Gasteiger partial charge in [0, 0.05) is 23.2 Å². The van der Waals surface area contributed by atoms with Gasteiger partial charge in [0.1, 0.15) is 5.75 Å². The molecule has 0 saturated carbocycles. The van der Waals surface area contributed by atoms with E-state index in [-0.39, 0.29) is 23.7 Å². The summed E-state index contributed by atoms with van der Waals surface area (Å²) in [6.45, 7) is 3.95. The molecule has 8 heteroatoms. The molecule has 1 heterocycles. The number of ether oxygens (including phenoxy) is 1. The van der Waals surface area contributed by atoms with Gasteiger partial charge in [-0.2, -0.15) is 0 Å². The molecule has 0 atom stereocenters. The highest BCUT2D eigenvalue weighted by Gasteiger charge is 2.13. The number of hydrogen-bond donors (Lipinski definition) is 2. The fourth-order valence-electron chi connectivity index (χ4n) is 2.58. The number of benzene rings is 2. The first-order chi connectivity index (χ1) is 13.9. The lowest BCUT2D eigenvalue weighted by molar-refractivity contribution is -0.116. The summed E-state index contributed by atoms with van der Waals surface area (Å²) in [6, 6.07) is 13.7. The summed E-state index contributed by atoms with van der Waals surface area (Å²) in [5, 5.41) is 13.2. The molecule has 0 unspecified atom stereocenters. The van der Waals surface area contributed by atoms with Crippen molar-refractivity contribution in [2.75, 3.05) is 17.7 Å². The van der Waals surface area contributed by atoms with Crippen LogP contribution in [0.25, 0.3) is 11.5 Å². The fourth-order valence-corrected chi connectivity index (χ4v) is 2.58. The molecular weight excluding hydrogens is 372 g/mol. The zero-order chi connectivity index (χ0) is 20.8. The Morgan fingerprint density at radius 1 is 1.00 bits per heavy atom. The molecule has 0 aliphatic carbocycles. The summed E-state index contributed by atoms with van der Waals surface area (Å²) in [7, 11) is 1.58. The molecular formula is C21H22N4O4. The summed E-state index contributed by atoms with van der Waals surface area (Å²) in [4.78, 5) is 24.2. The molecule has 0 radical (unpaired) electrons. The van der Waals surface area contributed by atoms with Crippen LogP contribution in [0.3, 0.4) is 0 Å². The van der Waals surface area contributed by atoms with E-state index in [0.717, 1.165) is 0 Å². The Labute approximate surface area is 168 Å². The maximum atomic E-state index is 12.4. The number of amides is 2. The molecule has 0 saturated heterocycles. The van der Waals surface area contributed by atoms with Crippen LogP contribution in [-0.2, 0) is 4.79 Å². The van der Waals surface area contributed by atoms with E-state index in [9.17, 15) is 9.59 Å². The number of carbonyl (C=O) groups excluding carboxylic acids is 2. The Hall–Kier alpha value is -3.68. The van der Waals surface area contributed by atoms with E-state index in [2.05, 4.69) is 20.8 Å². The Morgan fingerprint density at radius 3 is 2.31 bits per heavy atom. The third kappa shape index (κ3) is 5.41. The lowest BCUT2D eigenvalue weighted by Gasteiger charge is -2.07. The van der Waals surface area contributed by atoms with E-state index >= 15 is 0 Å². The van der Waals surface area contributed by atoms with E-state index < -0.39 is 5.91 Å². The maximum Gasteiger partial charge on any atom is 0.322 e. The number of rotatable bonds is 7. The Kier molecular flexibility index (Phi) is 6.23. The predicted molar refractivity (Wildman–Crippen MR) is 109 cm³/mol. The molecule has 3 rings (SSSR count). The molecule has 2 amide bonds. The van der Waals surface area contributed by atoms with E-state index in [1.807, 2.05) is 13.8 Å². The third-order valence-corrected chi connectivity index (χ3v) is 4.01. The average Bonchev–Trinajstić information content (AvgIpc) is 3.16. The van der Waals surface area contributed by atoms with E-state index in [1.54, 1.807) is 55.6 Å². The Bertz CT molecular complexity index is 979. The smallest absolute Gasteiger partial charge is 0.322 e. The van der Waals surface area contributed by atoms with Crippen molar-refractivity contribution < 1.29 is 18.7 Å². The van der Waals surface area contributed by atoms with Crippen molar-refractivity contribution in [1.82, 2.24) is 10.2 Å². The van der Waals surface area contributed by atoms with Crippen LogP contribution in [0.4, 0.5) is 11.7 Å². The monoisotopic (exact) mass is 394 g/mol. The quantitative estimate of drug-likeness (QED) is 0.628. The molecule has 2 aromatic carbocycles. The van der Waals surface area contributed by atoms with Gasteiger partial charge >= 0.3 is 6.01 Å². The van der Waals surface area contributed by atoms with Crippen molar-refractivity contribution in [3.63, 3.8) is 0 Å². The number of aromatic nitrogens is 2. The van der Waals surface area contributed by atoms with Crippen molar-refractivity contribution in [2.24, 2.45) is 5.92 Å². The van der Waals surface area contributed by atoms with Crippen LogP contribution >= 0.6 is 0 Å². The van der Waals surface area contributed by atoms with Gasteiger partial charge in [0.2, 0.25) is 11.8 Å². The molecule has 0 bridgehead atoms. The van der Waals surface area contributed by atoms with Crippen LogP contribution in [0, 0.1) is 5.92 Å². The van der Waals surface area contributed by atoms with E-state index in [1.165, 1.54) is 0 Å². The standard InChI is InChI=1S/C21H22N4O4/c1-13(2)12-18(26)22-16-8-4-14(5-9-16)19(27)23-21-25-24-20(29-21)15-6-10-17(28-3)11-7-15/h4-11,13H,12H2,1-3H3,(H,22,26)(H,23,25,27). The molecule has 0 aliphatic rings. The van der Waals surface area contributed by atoms with Gasteiger partial charge in [0.25, 0.3) is 5.91 Å². The maximum absolute atomic E-state index is 12.4. The summed E-state index contributed by atoms with van der Waals surface area (Å²) < 4.78 is 10.6. The molecule has 1 aromatic heterocycles. The van der Waals surface area contributed by atoms with Crippen LogP contribution in [0.15, 0.2) is 52.9 Å². The van der Waals surface area contributed by atoms with Crippen molar-refractivity contribution in [3.05, 3.63) is 54.1 Å². The summed E-state index contributed by atoms with van der Waals surface area (Å²) in [6.07, 6.45) is 0.440. The van der Waals surface area contributed by atoms with Crippen LogP contribution < -0.4 is 15.4 Å². The number of hydrogen-bond acceptors (Lipinski definition) is 6. The van der Waals surface area contributed by atoms with Crippen molar-refractivity contribution in [1.29, 1.82) is 0 Å². The van der Waals surface area contributed by atoms with Crippen LogP contribution in [0.1, 0.15) is 30.6 Å². The van der Waals surface area contributed by atoms with Crippen molar-refractivity contribution in [3.8, 4) is 17.2 Å². The summed E-state index contributed by atoms with van der Waals surface area (Å²) >= 11 is 0. The second-order valence-electron chi connectivity index (χ2n) is 6.82.